The van der Waals surface area contributed by atoms with Gasteiger partial charge in [-0.3, -0.25) is 0 Å². The number of hydrogen-bond acceptors (Lipinski definition) is 3. The van der Waals surface area contributed by atoms with Crippen molar-refractivity contribution < 1.29 is 9.47 Å². The number of benzene rings is 1. The van der Waals surface area contributed by atoms with Crippen molar-refractivity contribution in [2.45, 2.75) is 25.5 Å². The standard InChI is InChI=1S/C12H19NO2/c1-4-11(13)12(15-3)9-5-7-10(14-2)8-6-9/h5-8,11-12H,4,13H2,1-3H3. The second kappa shape index (κ2) is 5.73. The highest BCUT2D eigenvalue weighted by Crippen LogP contribution is 2.23. The van der Waals surface area contributed by atoms with E-state index in [1.165, 1.54) is 0 Å². The molecule has 0 bridgehead atoms. The molecule has 0 aliphatic carbocycles. The summed E-state index contributed by atoms with van der Waals surface area (Å²) in [7, 11) is 3.34. The van der Waals surface area contributed by atoms with Crippen molar-refractivity contribution in [3.63, 3.8) is 0 Å². The number of methoxy groups -OCH3 is 2. The van der Waals surface area contributed by atoms with Crippen LogP contribution in [0.4, 0.5) is 0 Å². The number of hydrogen-bond donors (Lipinski definition) is 1. The van der Waals surface area contributed by atoms with Gasteiger partial charge >= 0.3 is 0 Å². The first-order chi connectivity index (χ1) is 7.22. The molecule has 1 aromatic rings. The molecule has 0 aromatic heterocycles. The van der Waals surface area contributed by atoms with Gasteiger partial charge in [0.25, 0.3) is 0 Å². The van der Waals surface area contributed by atoms with Crippen LogP contribution in [0.15, 0.2) is 24.3 Å². The third kappa shape index (κ3) is 2.94. The van der Waals surface area contributed by atoms with Crippen LogP contribution in [-0.2, 0) is 4.74 Å². The van der Waals surface area contributed by atoms with Gasteiger partial charge in [0, 0.05) is 13.2 Å². The van der Waals surface area contributed by atoms with Crippen molar-refractivity contribution in [2.75, 3.05) is 14.2 Å². The average molecular weight is 209 g/mol. The third-order valence-electron chi connectivity index (χ3n) is 2.56. The van der Waals surface area contributed by atoms with E-state index < -0.39 is 0 Å². The van der Waals surface area contributed by atoms with Crippen LogP contribution in [0.1, 0.15) is 25.0 Å². The van der Waals surface area contributed by atoms with E-state index in [4.69, 9.17) is 15.2 Å². The van der Waals surface area contributed by atoms with Crippen LogP contribution >= 0.6 is 0 Å². The zero-order valence-electron chi connectivity index (χ0n) is 9.57. The normalized spacial score (nSPS) is 14.7. The van der Waals surface area contributed by atoms with Crippen molar-refractivity contribution in [1.82, 2.24) is 0 Å². The molecule has 1 rings (SSSR count). The average Bonchev–Trinajstić information content (AvgIpc) is 2.30. The topological polar surface area (TPSA) is 44.5 Å². The molecule has 2 atom stereocenters. The van der Waals surface area contributed by atoms with E-state index >= 15 is 0 Å². The minimum atomic E-state index is -0.0408. The van der Waals surface area contributed by atoms with Crippen LogP contribution in [0.2, 0.25) is 0 Å². The smallest absolute Gasteiger partial charge is 0.118 e. The van der Waals surface area contributed by atoms with E-state index in [1.54, 1.807) is 14.2 Å². The zero-order valence-corrected chi connectivity index (χ0v) is 9.57. The molecule has 0 aliphatic rings. The van der Waals surface area contributed by atoms with E-state index in [0.29, 0.717) is 0 Å². The van der Waals surface area contributed by atoms with Gasteiger partial charge in [-0.05, 0) is 24.1 Å². The van der Waals surface area contributed by atoms with Crippen LogP contribution in [0.3, 0.4) is 0 Å². The Morgan fingerprint density at radius 2 is 1.80 bits per heavy atom. The second-order valence-electron chi connectivity index (χ2n) is 3.50. The molecular formula is C12H19NO2. The molecule has 0 fully saturated rings. The van der Waals surface area contributed by atoms with Gasteiger partial charge in [0.2, 0.25) is 0 Å². The predicted molar refractivity (Wildman–Crippen MR) is 61.0 cm³/mol. The van der Waals surface area contributed by atoms with Gasteiger partial charge in [-0.15, -0.1) is 0 Å². The van der Waals surface area contributed by atoms with Crippen LogP contribution < -0.4 is 10.5 Å². The van der Waals surface area contributed by atoms with Gasteiger partial charge in [0.1, 0.15) is 5.75 Å². The fourth-order valence-corrected chi connectivity index (χ4v) is 1.57. The van der Waals surface area contributed by atoms with Crippen molar-refractivity contribution >= 4 is 0 Å². The molecule has 3 nitrogen and oxygen atoms in total. The molecule has 1 aromatic carbocycles. The lowest BCUT2D eigenvalue weighted by atomic mass is 10.0. The molecule has 15 heavy (non-hydrogen) atoms. The van der Waals surface area contributed by atoms with Crippen molar-refractivity contribution in [3.05, 3.63) is 29.8 Å². The maximum absolute atomic E-state index is 5.97. The van der Waals surface area contributed by atoms with E-state index in [9.17, 15) is 0 Å². The third-order valence-corrected chi connectivity index (χ3v) is 2.56. The Kier molecular flexibility index (Phi) is 4.59. The molecule has 0 heterocycles. The number of rotatable bonds is 5. The number of nitrogens with two attached hydrogens (primary N) is 1. The van der Waals surface area contributed by atoms with Crippen LogP contribution in [0, 0.1) is 0 Å². The molecule has 0 radical (unpaired) electrons. The highest BCUT2D eigenvalue weighted by molar-refractivity contribution is 5.29. The fraction of sp³-hybridized carbons (Fsp3) is 0.500. The van der Waals surface area contributed by atoms with E-state index in [0.717, 1.165) is 17.7 Å². The summed E-state index contributed by atoms with van der Waals surface area (Å²) in [6.45, 7) is 2.06. The highest BCUT2D eigenvalue weighted by Gasteiger charge is 2.17. The first-order valence-electron chi connectivity index (χ1n) is 5.15. The molecule has 0 spiro atoms. The van der Waals surface area contributed by atoms with Gasteiger partial charge in [-0.2, -0.15) is 0 Å². The fourth-order valence-electron chi connectivity index (χ4n) is 1.57. The predicted octanol–water partition coefficient (Wildman–Crippen LogP) is 2.12. The molecule has 0 amide bonds. The summed E-state index contributed by atoms with van der Waals surface area (Å²) >= 11 is 0. The first kappa shape index (κ1) is 12.0. The van der Waals surface area contributed by atoms with Gasteiger partial charge in [-0.25, -0.2) is 0 Å². The van der Waals surface area contributed by atoms with Gasteiger partial charge in [-0.1, -0.05) is 19.1 Å². The van der Waals surface area contributed by atoms with Crippen LogP contribution in [0.5, 0.6) is 5.75 Å². The lowest BCUT2D eigenvalue weighted by molar-refractivity contribution is 0.0791. The van der Waals surface area contributed by atoms with E-state index in [2.05, 4.69) is 6.92 Å². The Morgan fingerprint density at radius 1 is 1.20 bits per heavy atom. The largest absolute Gasteiger partial charge is 0.497 e. The second-order valence-corrected chi connectivity index (χ2v) is 3.50. The molecule has 0 saturated carbocycles. The van der Waals surface area contributed by atoms with Gasteiger partial charge in [0.15, 0.2) is 0 Å². The number of ether oxygens (including phenoxy) is 2. The molecule has 2 N–H and O–H groups in total. The van der Waals surface area contributed by atoms with E-state index in [-0.39, 0.29) is 12.1 Å². The lowest BCUT2D eigenvalue weighted by Gasteiger charge is -2.21. The summed E-state index contributed by atoms with van der Waals surface area (Å²) in [4.78, 5) is 0. The summed E-state index contributed by atoms with van der Waals surface area (Å²) in [5.41, 5.74) is 7.06. The molecule has 2 unspecified atom stereocenters. The first-order valence-corrected chi connectivity index (χ1v) is 5.15. The summed E-state index contributed by atoms with van der Waals surface area (Å²) in [5.74, 6) is 0.846. The van der Waals surface area contributed by atoms with Gasteiger partial charge in [0.05, 0.1) is 13.2 Å². The SMILES string of the molecule is CCC(N)C(OC)c1ccc(OC)cc1. The summed E-state index contributed by atoms with van der Waals surface area (Å²) in [6.07, 6.45) is 0.853. The van der Waals surface area contributed by atoms with Crippen molar-refractivity contribution in [1.29, 1.82) is 0 Å². The maximum atomic E-state index is 5.97. The van der Waals surface area contributed by atoms with Crippen molar-refractivity contribution in [2.24, 2.45) is 5.73 Å². The lowest BCUT2D eigenvalue weighted by Crippen LogP contribution is -2.28. The highest BCUT2D eigenvalue weighted by atomic mass is 16.5. The molecule has 0 saturated heterocycles. The van der Waals surface area contributed by atoms with Gasteiger partial charge < -0.3 is 15.2 Å². The van der Waals surface area contributed by atoms with Crippen LogP contribution in [-0.4, -0.2) is 20.3 Å². The Morgan fingerprint density at radius 3 is 2.20 bits per heavy atom. The summed E-state index contributed by atoms with van der Waals surface area (Å²) in [5, 5.41) is 0. The maximum Gasteiger partial charge on any atom is 0.118 e. The Balaban J connectivity index is 2.83. The molecule has 0 aliphatic heterocycles. The minimum absolute atomic E-state index is 0.0309. The minimum Gasteiger partial charge on any atom is -0.497 e. The zero-order chi connectivity index (χ0) is 11.3. The summed E-state index contributed by atoms with van der Waals surface area (Å²) < 4.78 is 10.5. The Labute approximate surface area is 91.2 Å². The molecule has 3 heteroatoms. The van der Waals surface area contributed by atoms with Crippen molar-refractivity contribution in [3.8, 4) is 5.75 Å². The molecule has 84 valence electrons. The quantitative estimate of drug-likeness (QED) is 0.807. The summed E-state index contributed by atoms with van der Waals surface area (Å²) in [6, 6.07) is 7.85. The molecular weight excluding hydrogens is 190 g/mol. The van der Waals surface area contributed by atoms with E-state index in [1.807, 2.05) is 24.3 Å². The Hall–Kier alpha value is -1.06. The Bertz CT molecular complexity index is 284. The monoisotopic (exact) mass is 209 g/mol. The van der Waals surface area contributed by atoms with Crippen LogP contribution in [0.25, 0.3) is 0 Å².